The number of ether oxygens (including phenoxy) is 1. The highest BCUT2D eigenvalue weighted by molar-refractivity contribution is 5.78. The minimum absolute atomic E-state index is 0.0876. The third-order valence-electron chi connectivity index (χ3n) is 4.32. The number of carbonyl (C=O) groups is 1. The molecule has 3 rings (SSSR count). The molecule has 0 spiro atoms. The van der Waals surface area contributed by atoms with Crippen LogP contribution in [-0.4, -0.2) is 27.1 Å². The number of methoxy groups -OCH3 is 1. The molecule has 3 aromatic rings. The van der Waals surface area contributed by atoms with E-state index in [-0.39, 0.29) is 18.0 Å². The maximum atomic E-state index is 12.6. The van der Waals surface area contributed by atoms with Crippen LogP contribution in [0, 0.1) is 0 Å². The Kier molecular flexibility index (Phi) is 5.36. The molecule has 1 N–H and O–H groups in total. The maximum Gasteiger partial charge on any atom is 0.329 e. The molecule has 0 saturated carbocycles. The van der Waals surface area contributed by atoms with E-state index in [9.17, 15) is 9.59 Å². The minimum Gasteiger partial charge on any atom is -0.481 e. The van der Waals surface area contributed by atoms with Gasteiger partial charge in [0.2, 0.25) is 11.8 Å². The van der Waals surface area contributed by atoms with Crippen molar-refractivity contribution in [1.29, 1.82) is 0 Å². The first-order valence-electron chi connectivity index (χ1n) is 8.58. The Bertz CT molecular complexity index is 974. The van der Waals surface area contributed by atoms with Crippen LogP contribution in [0.1, 0.15) is 18.9 Å². The standard InChI is InChI=1S/C19H22N4O3/c1-3-22-15-8-4-5-9-16(15)23(19(22)25)12-10-17(24)21-13-14-7-6-11-20-18(14)26-2/h4-9,11H,3,10,12-13H2,1-2H3,(H,21,24). The summed E-state index contributed by atoms with van der Waals surface area (Å²) in [5.74, 6) is 0.367. The lowest BCUT2D eigenvalue weighted by Gasteiger charge is -2.09. The first-order valence-corrected chi connectivity index (χ1v) is 8.58. The Morgan fingerprint density at radius 1 is 1.15 bits per heavy atom. The number of benzene rings is 1. The van der Waals surface area contributed by atoms with E-state index in [1.807, 2.05) is 37.3 Å². The zero-order valence-electron chi connectivity index (χ0n) is 14.9. The number of amides is 1. The van der Waals surface area contributed by atoms with Crippen molar-refractivity contribution in [3.8, 4) is 5.88 Å². The summed E-state index contributed by atoms with van der Waals surface area (Å²) in [6.45, 7) is 3.20. The van der Waals surface area contributed by atoms with Crippen LogP contribution in [0.3, 0.4) is 0 Å². The van der Waals surface area contributed by atoms with Crippen molar-refractivity contribution < 1.29 is 9.53 Å². The lowest BCUT2D eigenvalue weighted by Crippen LogP contribution is -2.28. The third kappa shape index (κ3) is 3.46. The Labute approximate surface area is 151 Å². The van der Waals surface area contributed by atoms with Gasteiger partial charge in [0.25, 0.3) is 0 Å². The summed E-state index contributed by atoms with van der Waals surface area (Å²) >= 11 is 0. The quantitative estimate of drug-likeness (QED) is 0.703. The van der Waals surface area contributed by atoms with Crippen molar-refractivity contribution in [3.63, 3.8) is 0 Å². The lowest BCUT2D eigenvalue weighted by atomic mass is 10.2. The van der Waals surface area contributed by atoms with Gasteiger partial charge in [0, 0.05) is 37.8 Å². The van der Waals surface area contributed by atoms with Crippen LogP contribution in [0.15, 0.2) is 47.4 Å². The van der Waals surface area contributed by atoms with Gasteiger partial charge in [0.05, 0.1) is 18.1 Å². The first-order chi connectivity index (χ1) is 12.7. The van der Waals surface area contributed by atoms with Gasteiger partial charge in [-0.3, -0.25) is 13.9 Å². The number of para-hydroxylation sites is 2. The highest BCUT2D eigenvalue weighted by Gasteiger charge is 2.13. The summed E-state index contributed by atoms with van der Waals surface area (Å²) in [5.41, 5.74) is 2.46. The van der Waals surface area contributed by atoms with Crippen molar-refractivity contribution in [2.45, 2.75) is 33.0 Å². The number of fused-ring (bicyclic) bond motifs is 1. The molecule has 136 valence electrons. The number of hydrogen-bond acceptors (Lipinski definition) is 4. The first kappa shape index (κ1) is 17.7. The predicted molar refractivity (Wildman–Crippen MR) is 99.1 cm³/mol. The summed E-state index contributed by atoms with van der Waals surface area (Å²) in [4.78, 5) is 28.9. The molecular formula is C19H22N4O3. The van der Waals surface area contributed by atoms with E-state index >= 15 is 0 Å². The van der Waals surface area contributed by atoms with Crippen molar-refractivity contribution in [1.82, 2.24) is 19.4 Å². The predicted octanol–water partition coefficient (Wildman–Crippen LogP) is 1.93. The smallest absolute Gasteiger partial charge is 0.329 e. The summed E-state index contributed by atoms with van der Waals surface area (Å²) in [6.07, 6.45) is 1.86. The zero-order valence-corrected chi connectivity index (χ0v) is 14.9. The van der Waals surface area contributed by atoms with Gasteiger partial charge in [0.15, 0.2) is 0 Å². The van der Waals surface area contributed by atoms with Crippen LogP contribution < -0.4 is 15.7 Å². The van der Waals surface area contributed by atoms with Gasteiger partial charge < -0.3 is 10.1 Å². The van der Waals surface area contributed by atoms with E-state index in [0.717, 1.165) is 16.6 Å². The van der Waals surface area contributed by atoms with Gasteiger partial charge in [-0.2, -0.15) is 0 Å². The highest BCUT2D eigenvalue weighted by Crippen LogP contribution is 2.14. The molecule has 0 aliphatic rings. The number of carbonyl (C=O) groups excluding carboxylic acids is 1. The number of hydrogen-bond donors (Lipinski definition) is 1. The molecule has 0 atom stereocenters. The molecule has 0 aliphatic carbocycles. The molecule has 2 heterocycles. The fourth-order valence-electron chi connectivity index (χ4n) is 3.03. The Balaban J connectivity index is 1.68. The minimum atomic E-state index is -0.129. The van der Waals surface area contributed by atoms with Crippen molar-refractivity contribution in [2.75, 3.05) is 7.11 Å². The van der Waals surface area contributed by atoms with Gasteiger partial charge in [-0.05, 0) is 25.1 Å². The second-order valence-corrected chi connectivity index (χ2v) is 5.87. The van der Waals surface area contributed by atoms with Crippen molar-refractivity contribution >= 4 is 16.9 Å². The Hall–Kier alpha value is -3.09. The number of aromatic nitrogens is 3. The molecular weight excluding hydrogens is 332 g/mol. The van der Waals surface area contributed by atoms with Crippen LogP contribution in [0.25, 0.3) is 11.0 Å². The van der Waals surface area contributed by atoms with Crippen molar-refractivity contribution in [2.24, 2.45) is 0 Å². The molecule has 1 amide bonds. The number of imidazole rings is 1. The highest BCUT2D eigenvalue weighted by atomic mass is 16.5. The largest absolute Gasteiger partial charge is 0.481 e. The Morgan fingerprint density at radius 2 is 1.88 bits per heavy atom. The molecule has 0 fully saturated rings. The zero-order chi connectivity index (χ0) is 18.5. The van der Waals surface area contributed by atoms with Crippen LogP contribution in [0.2, 0.25) is 0 Å². The van der Waals surface area contributed by atoms with Crippen molar-refractivity contribution in [3.05, 3.63) is 58.6 Å². The molecule has 7 nitrogen and oxygen atoms in total. The molecule has 1 aromatic carbocycles. The molecule has 0 unspecified atom stereocenters. The summed E-state index contributed by atoms with van der Waals surface area (Å²) in [7, 11) is 1.55. The van der Waals surface area contributed by atoms with E-state index in [1.165, 1.54) is 0 Å². The van der Waals surface area contributed by atoms with Gasteiger partial charge in [-0.15, -0.1) is 0 Å². The average molecular weight is 354 g/mol. The molecule has 0 aliphatic heterocycles. The fourth-order valence-corrected chi connectivity index (χ4v) is 3.03. The average Bonchev–Trinajstić information content (AvgIpc) is 2.95. The normalized spacial score (nSPS) is 10.8. The van der Waals surface area contributed by atoms with Crippen LogP contribution in [0.4, 0.5) is 0 Å². The van der Waals surface area contributed by atoms with Crippen LogP contribution >= 0.6 is 0 Å². The second-order valence-electron chi connectivity index (χ2n) is 5.87. The lowest BCUT2D eigenvalue weighted by molar-refractivity contribution is -0.121. The Morgan fingerprint density at radius 3 is 2.58 bits per heavy atom. The third-order valence-corrected chi connectivity index (χ3v) is 4.32. The van der Waals surface area contributed by atoms with Gasteiger partial charge in [-0.25, -0.2) is 9.78 Å². The van der Waals surface area contributed by atoms with E-state index in [2.05, 4.69) is 10.3 Å². The molecule has 0 bridgehead atoms. The summed E-state index contributed by atoms with van der Waals surface area (Å²) < 4.78 is 8.55. The van der Waals surface area contributed by atoms with E-state index < -0.39 is 0 Å². The topological polar surface area (TPSA) is 78.2 Å². The second kappa shape index (κ2) is 7.86. The molecule has 26 heavy (non-hydrogen) atoms. The number of aryl methyl sites for hydroxylation is 2. The summed E-state index contributed by atoms with van der Waals surface area (Å²) in [5, 5.41) is 2.85. The van der Waals surface area contributed by atoms with Crippen LogP contribution in [0.5, 0.6) is 5.88 Å². The monoisotopic (exact) mass is 354 g/mol. The SMILES string of the molecule is CCn1c(=O)n(CCC(=O)NCc2cccnc2OC)c2ccccc21. The molecule has 0 saturated heterocycles. The molecule has 2 aromatic heterocycles. The van der Waals surface area contributed by atoms with E-state index in [4.69, 9.17) is 4.74 Å². The summed E-state index contributed by atoms with van der Waals surface area (Å²) in [6, 6.07) is 11.3. The number of nitrogens with one attached hydrogen (secondary N) is 1. The molecule has 0 radical (unpaired) electrons. The number of pyridine rings is 1. The van der Waals surface area contributed by atoms with E-state index in [1.54, 1.807) is 28.5 Å². The molecule has 7 heteroatoms. The van der Waals surface area contributed by atoms with Crippen LogP contribution in [-0.2, 0) is 24.4 Å². The number of nitrogens with zero attached hydrogens (tertiary/aromatic N) is 3. The van der Waals surface area contributed by atoms with Gasteiger partial charge in [0.1, 0.15) is 0 Å². The number of rotatable bonds is 7. The van der Waals surface area contributed by atoms with E-state index in [0.29, 0.717) is 25.5 Å². The fraction of sp³-hybridized carbons (Fsp3) is 0.316. The van der Waals surface area contributed by atoms with Gasteiger partial charge in [-0.1, -0.05) is 18.2 Å². The van der Waals surface area contributed by atoms with Gasteiger partial charge >= 0.3 is 5.69 Å². The maximum absolute atomic E-state index is 12.6.